The lowest BCUT2D eigenvalue weighted by Crippen LogP contribution is -2.40. The molecule has 178 valence electrons. The van der Waals surface area contributed by atoms with Crippen molar-refractivity contribution in [3.05, 3.63) is 75.6 Å². The van der Waals surface area contributed by atoms with Crippen molar-refractivity contribution in [2.45, 2.75) is 18.9 Å². The maximum Gasteiger partial charge on any atom is 0.260 e. The van der Waals surface area contributed by atoms with Crippen molar-refractivity contribution < 1.29 is 4.79 Å². The highest BCUT2D eigenvalue weighted by molar-refractivity contribution is 7.21. The van der Waals surface area contributed by atoms with Gasteiger partial charge in [-0.15, -0.1) is 11.3 Å². The van der Waals surface area contributed by atoms with E-state index >= 15 is 0 Å². The van der Waals surface area contributed by atoms with Crippen LogP contribution in [-0.4, -0.2) is 30.0 Å². The number of piperidine rings is 1. The Morgan fingerprint density at radius 1 is 1.03 bits per heavy atom. The van der Waals surface area contributed by atoms with Gasteiger partial charge >= 0.3 is 0 Å². The van der Waals surface area contributed by atoms with E-state index in [9.17, 15) is 4.79 Å². The summed E-state index contributed by atoms with van der Waals surface area (Å²) in [6.45, 7) is 1.69. The van der Waals surface area contributed by atoms with Crippen LogP contribution in [0.4, 0.5) is 11.5 Å². The fourth-order valence-electron chi connectivity index (χ4n) is 4.35. The number of benzene rings is 2. The van der Waals surface area contributed by atoms with Gasteiger partial charge in [0.15, 0.2) is 0 Å². The van der Waals surface area contributed by atoms with Gasteiger partial charge in [-0.05, 0) is 53.3 Å². The molecule has 0 atom stereocenters. The van der Waals surface area contributed by atoms with Gasteiger partial charge in [0, 0.05) is 29.5 Å². The number of fused-ring (bicyclic) bond motifs is 1. The van der Waals surface area contributed by atoms with Crippen LogP contribution in [0.15, 0.2) is 54.6 Å². The third kappa shape index (κ3) is 4.89. The summed E-state index contributed by atoms with van der Waals surface area (Å²) in [6, 6.07) is 18.2. The molecule has 1 saturated heterocycles. The van der Waals surface area contributed by atoms with Crippen LogP contribution in [0.2, 0.25) is 5.02 Å². The number of primary amides is 1. The Morgan fingerprint density at radius 2 is 1.63 bits per heavy atom. The first kappa shape index (κ1) is 23.4. The zero-order valence-corrected chi connectivity index (χ0v) is 20.6. The summed E-state index contributed by atoms with van der Waals surface area (Å²) in [6.07, 6.45) is 5.94. The Labute approximate surface area is 213 Å². The Kier molecular flexibility index (Phi) is 6.47. The average molecular weight is 504 g/mol. The van der Waals surface area contributed by atoms with Crippen LogP contribution in [0.1, 0.15) is 33.6 Å². The van der Waals surface area contributed by atoms with Crippen molar-refractivity contribution in [3.63, 3.8) is 0 Å². The standard InChI is InChI=1S/C27H26ClN5OS/c28-19-9-5-17(6-10-19)2-1-16-3-7-18(8-4-16)21-15-22(33-13-11-20(29)12-14-33)32-27-23(21)24(30)25(35-27)26(31)34/h1-10,15,20H,11-14,29-30H2,(H2,31,34)/b2-1+. The van der Waals surface area contributed by atoms with Crippen LogP contribution in [0.5, 0.6) is 0 Å². The fourth-order valence-corrected chi connectivity index (χ4v) is 5.44. The van der Waals surface area contributed by atoms with Gasteiger partial charge in [0.05, 0.1) is 5.69 Å². The largest absolute Gasteiger partial charge is 0.397 e. The van der Waals surface area contributed by atoms with Gasteiger partial charge in [0.1, 0.15) is 15.5 Å². The van der Waals surface area contributed by atoms with Gasteiger partial charge in [0.25, 0.3) is 5.91 Å². The molecule has 0 spiro atoms. The first-order chi connectivity index (χ1) is 16.9. The molecular weight excluding hydrogens is 478 g/mol. The van der Waals surface area contributed by atoms with Crippen molar-refractivity contribution >= 4 is 62.7 Å². The molecule has 3 heterocycles. The van der Waals surface area contributed by atoms with Crippen molar-refractivity contribution in [1.29, 1.82) is 0 Å². The first-order valence-corrected chi connectivity index (χ1v) is 12.7. The molecule has 35 heavy (non-hydrogen) atoms. The molecule has 8 heteroatoms. The van der Waals surface area contributed by atoms with Crippen molar-refractivity contribution in [2.75, 3.05) is 23.7 Å². The maximum absolute atomic E-state index is 12.0. The lowest BCUT2D eigenvalue weighted by Gasteiger charge is -2.31. The Hall–Kier alpha value is -3.39. The monoisotopic (exact) mass is 503 g/mol. The summed E-state index contributed by atoms with van der Waals surface area (Å²) >= 11 is 7.22. The lowest BCUT2D eigenvalue weighted by atomic mass is 9.99. The summed E-state index contributed by atoms with van der Waals surface area (Å²) in [4.78, 5) is 20.2. The highest BCUT2D eigenvalue weighted by Crippen LogP contribution is 2.41. The molecule has 0 aliphatic carbocycles. The Bertz CT molecular complexity index is 1400. The third-order valence-electron chi connectivity index (χ3n) is 6.33. The topological polar surface area (TPSA) is 111 Å². The molecule has 1 aliphatic rings. The second-order valence-corrected chi connectivity index (χ2v) is 10.2. The van der Waals surface area contributed by atoms with Gasteiger partial charge in [0.2, 0.25) is 0 Å². The molecule has 6 nitrogen and oxygen atoms in total. The summed E-state index contributed by atoms with van der Waals surface area (Å²) < 4.78 is 0. The zero-order chi connectivity index (χ0) is 24.5. The predicted molar refractivity (Wildman–Crippen MR) is 148 cm³/mol. The van der Waals surface area contributed by atoms with E-state index < -0.39 is 5.91 Å². The van der Waals surface area contributed by atoms with Crippen molar-refractivity contribution in [3.8, 4) is 11.1 Å². The zero-order valence-electron chi connectivity index (χ0n) is 19.1. The van der Waals surface area contributed by atoms with E-state index in [4.69, 9.17) is 33.8 Å². The number of hydrogen-bond acceptors (Lipinski definition) is 6. The van der Waals surface area contributed by atoms with Gasteiger partial charge in [-0.1, -0.05) is 60.2 Å². The molecule has 5 rings (SSSR count). The van der Waals surface area contributed by atoms with Crippen LogP contribution in [0, 0.1) is 0 Å². The number of anilines is 2. The van der Waals surface area contributed by atoms with Gasteiger partial charge in [-0.2, -0.15) is 0 Å². The van der Waals surface area contributed by atoms with E-state index in [-0.39, 0.29) is 6.04 Å². The normalized spacial score (nSPS) is 14.7. The summed E-state index contributed by atoms with van der Waals surface area (Å²) in [7, 11) is 0. The predicted octanol–water partition coefficient (Wildman–Crippen LogP) is 5.40. The van der Waals surface area contributed by atoms with E-state index in [1.54, 1.807) is 0 Å². The molecule has 0 unspecified atom stereocenters. The molecule has 1 amide bonds. The van der Waals surface area contributed by atoms with Crippen LogP contribution < -0.4 is 22.1 Å². The summed E-state index contributed by atoms with van der Waals surface area (Å²) in [5.41, 5.74) is 22.6. The highest BCUT2D eigenvalue weighted by Gasteiger charge is 2.23. The van der Waals surface area contributed by atoms with Gasteiger partial charge in [-0.25, -0.2) is 4.98 Å². The van der Waals surface area contributed by atoms with Crippen LogP contribution >= 0.6 is 22.9 Å². The van der Waals surface area contributed by atoms with Gasteiger partial charge in [-0.3, -0.25) is 4.79 Å². The molecule has 0 saturated carbocycles. The van der Waals surface area contributed by atoms with Crippen molar-refractivity contribution in [1.82, 2.24) is 4.98 Å². The lowest BCUT2D eigenvalue weighted by molar-refractivity contribution is 0.100. The number of aromatic nitrogens is 1. The van der Waals surface area contributed by atoms with E-state index in [2.05, 4.69) is 41.3 Å². The minimum absolute atomic E-state index is 0.224. The quantitative estimate of drug-likeness (QED) is 0.316. The highest BCUT2D eigenvalue weighted by atomic mass is 35.5. The molecule has 2 aromatic carbocycles. The number of hydrogen-bond donors (Lipinski definition) is 3. The minimum Gasteiger partial charge on any atom is -0.397 e. The fraction of sp³-hybridized carbons (Fsp3) is 0.185. The van der Waals surface area contributed by atoms with Crippen LogP contribution in [0.25, 0.3) is 33.5 Å². The van der Waals surface area contributed by atoms with Crippen LogP contribution in [-0.2, 0) is 0 Å². The molecule has 1 fully saturated rings. The first-order valence-electron chi connectivity index (χ1n) is 11.5. The molecule has 0 bridgehead atoms. The summed E-state index contributed by atoms with van der Waals surface area (Å²) in [5, 5.41) is 1.49. The number of nitrogens with zero attached hydrogens (tertiary/aromatic N) is 2. The molecular formula is C27H26ClN5OS. The number of nitrogen functional groups attached to an aromatic ring is 1. The molecule has 0 radical (unpaired) electrons. The number of halogens is 1. The number of pyridine rings is 1. The van der Waals surface area contributed by atoms with Crippen molar-refractivity contribution in [2.24, 2.45) is 11.5 Å². The van der Waals surface area contributed by atoms with E-state index in [0.717, 1.165) is 59.4 Å². The van der Waals surface area contributed by atoms with Gasteiger partial charge < -0.3 is 22.1 Å². The molecule has 4 aromatic rings. The number of nitrogens with two attached hydrogens (primary N) is 3. The smallest absolute Gasteiger partial charge is 0.260 e. The molecule has 6 N–H and O–H groups in total. The Morgan fingerprint density at radius 3 is 2.23 bits per heavy atom. The number of carbonyl (C=O) groups is 1. The number of carbonyl (C=O) groups excluding carboxylic acids is 1. The molecule has 2 aromatic heterocycles. The number of rotatable bonds is 5. The molecule has 1 aliphatic heterocycles. The number of thiophene rings is 1. The second-order valence-electron chi connectivity index (χ2n) is 8.75. The Balaban J connectivity index is 1.53. The third-order valence-corrected chi connectivity index (χ3v) is 7.70. The SMILES string of the molecule is NC(=O)c1sc2nc(N3CCC(N)CC3)cc(-c3ccc(/C=C/c4ccc(Cl)cc4)cc3)c2c1N. The maximum atomic E-state index is 12.0. The van der Waals surface area contributed by atoms with E-state index in [0.29, 0.717) is 20.4 Å². The van der Waals surface area contributed by atoms with E-state index in [1.165, 1.54) is 11.3 Å². The minimum atomic E-state index is -0.537. The van der Waals surface area contributed by atoms with E-state index in [1.807, 2.05) is 30.3 Å². The number of amides is 1. The summed E-state index contributed by atoms with van der Waals surface area (Å²) in [5.74, 6) is 0.327. The second kappa shape index (κ2) is 9.70. The van der Waals surface area contributed by atoms with Crippen LogP contribution in [0.3, 0.4) is 0 Å². The average Bonchev–Trinajstić information content (AvgIpc) is 3.21.